The molecule has 1 radical (unpaired) electrons. The zero-order chi connectivity index (χ0) is 6.10. The summed E-state index contributed by atoms with van der Waals surface area (Å²) in [5.41, 5.74) is 1.35. The predicted molar refractivity (Wildman–Crippen MR) is 37.5 cm³/mol. The van der Waals surface area contributed by atoms with Gasteiger partial charge in [0, 0.05) is 6.08 Å². The van der Waals surface area contributed by atoms with Gasteiger partial charge in [0.15, 0.2) is 5.10 Å². The van der Waals surface area contributed by atoms with Gasteiger partial charge in [-0.25, -0.2) is 0 Å². The Balaban J connectivity index is 2.19. The molecule has 0 saturated heterocycles. The Hall–Kier alpha value is -0.920. The third kappa shape index (κ3) is 0.922. The molecule has 45 valence electrons. The molecule has 0 bridgehead atoms. The highest BCUT2D eigenvalue weighted by Crippen LogP contribution is 2.35. The lowest BCUT2D eigenvalue weighted by Crippen LogP contribution is -1.96. The van der Waals surface area contributed by atoms with Gasteiger partial charge >= 0.3 is 0 Å². The first-order valence-electron chi connectivity index (χ1n) is 3.23. The van der Waals surface area contributed by atoms with Crippen LogP contribution in [0.15, 0.2) is 16.8 Å². The number of hydrogen-bond acceptors (Lipinski definition) is 2. The maximum atomic E-state index is 3.80. The standard InChI is InChI=1S/C7H8N2/c1-2-6(1)7-3-4-8-9-5-7/h3-6H,1-2H2/q+1. The largest absolute Gasteiger partial charge is 0.278 e. The average Bonchev–Trinajstić information content (AvgIpc) is 2.71. The summed E-state index contributed by atoms with van der Waals surface area (Å²) in [7, 11) is 0. The van der Waals surface area contributed by atoms with Gasteiger partial charge in [-0.1, -0.05) is 0 Å². The maximum Gasteiger partial charge on any atom is 0.278 e. The van der Waals surface area contributed by atoms with E-state index in [1.807, 2.05) is 12.3 Å². The molecule has 2 heteroatoms. The van der Waals surface area contributed by atoms with Crippen LogP contribution in [0.2, 0.25) is 0 Å². The summed E-state index contributed by atoms with van der Waals surface area (Å²) < 4.78 is 0. The second kappa shape index (κ2) is 1.79. The number of hydrogen-bond donors (Lipinski definition) is 0. The topological polar surface area (TPSA) is 26.5 Å². The molecule has 0 aromatic carbocycles. The van der Waals surface area contributed by atoms with E-state index >= 15 is 0 Å². The fourth-order valence-electron chi connectivity index (χ4n) is 0.959. The fraction of sp³-hybridized carbons (Fsp3) is 0.429. The highest BCUT2D eigenvalue weighted by Gasteiger charge is 2.26. The Morgan fingerprint density at radius 2 is 2.44 bits per heavy atom. The monoisotopic (exact) mass is 120 g/mol. The van der Waals surface area contributed by atoms with E-state index in [2.05, 4.69) is 10.2 Å². The van der Waals surface area contributed by atoms with E-state index in [1.165, 1.54) is 18.4 Å². The van der Waals surface area contributed by atoms with Gasteiger partial charge in [0.25, 0.3) is 6.21 Å². The van der Waals surface area contributed by atoms with Gasteiger partial charge in [-0.3, -0.25) is 0 Å². The van der Waals surface area contributed by atoms with Gasteiger partial charge in [0.05, 0.1) is 5.10 Å². The summed E-state index contributed by atoms with van der Waals surface area (Å²) in [5, 5.41) is 7.50. The van der Waals surface area contributed by atoms with E-state index in [1.54, 1.807) is 6.21 Å². The minimum absolute atomic E-state index is 0.806. The first-order chi connectivity index (χ1) is 4.47. The van der Waals surface area contributed by atoms with Crippen LogP contribution < -0.4 is 5.10 Å². The fourth-order valence-corrected chi connectivity index (χ4v) is 0.959. The van der Waals surface area contributed by atoms with E-state index in [-0.39, 0.29) is 0 Å². The zero-order valence-electron chi connectivity index (χ0n) is 5.12. The van der Waals surface area contributed by atoms with Crippen molar-refractivity contribution in [2.45, 2.75) is 12.8 Å². The normalized spacial score (nSPS) is 24.2. The van der Waals surface area contributed by atoms with Gasteiger partial charge in [0.2, 0.25) is 0 Å². The summed E-state index contributed by atoms with van der Waals surface area (Å²) in [6.07, 6.45) is 8.34. The van der Waals surface area contributed by atoms with Gasteiger partial charge in [-0.05, 0) is 24.3 Å². The molecule has 1 heterocycles. The summed E-state index contributed by atoms with van der Waals surface area (Å²) in [4.78, 5) is 0. The third-order valence-electron chi connectivity index (χ3n) is 1.66. The molecule has 9 heavy (non-hydrogen) atoms. The van der Waals surface area contributed by atoms with Gasteiger partial charge in [-0.2, -0.15) is 0 Å². The van der Waals surface area contributed by atoms with E-state index < -0.39 is 0 Å². The van der Waals surface area contributed by atoms with Gasteiger partial charge < -0.3 is 0 Å². The van der Waals surface area contributed by atoms with Crippen LogP contribution in [0, 0.1) is 5.92 Å². The molecule has 2 aliphatic rings. The minimum atomic E-state index is 0.806. The minimum Gasteiger partial charge on any atom is -0.0457 e. The lowest BCUT2D eigenvalue weighted by Gasteiger charge is -1.89. The van der Waals surface area contributed by atoms with Crippen molar-refractivity contribution in [3.63, 3.8) is 0 Å². The van der Waals surface area contributed by atoms with Crippen LogP contribution in [0.4, 0.5) is 0 Å². The van der Waals surface area contributed by atoms with Crippen LogP contribution in [0.3, 0.4) is 0 Å². The molecule has 0 aromatic heterocycles. The van der Waals surface area contributed by atoms with Crippen LogP contribution in [0.25, 0.3) is 0 Å². The van der Waals surface area contributed by atoms with Gasteiger partial charge in [-0.15, -0.1) is 0 Å². The molecule has 1 saturated carbocycles. The van der Waals surface area contributed by atoms with Crippen molar-refractivity contribution in [1.29, 1.82) is 0 Å². The molecule has 0 unspecified atom stereocenters. The number of allylic oxidation sites excluding steroid dienone is 2. The first-order valence-corrected chi connectivity index (χ1v) is 3.23. The first kappa shape index (κ1) is 4.91. The van der Waals surface area contributed by atoms with E-state index in [4.69, 9.17) is 0 Å². The Bertz CT molecular complexity index is 197. The molecule has 0 aromatic rings. The molecule has 1 aliphatic carbocycles. The van der Waals surface area contributed by atoms with Crippen LogP contribution in [0.1, 0.15) is 12.8 Å². The Morgan fingerprint density at radius 3 is 3.00 bits per heavy atom. The Labute approximate surface area is 54.0 Å². The van der Waals surface area contributed by atoms with E-state index in [0.29, 0.717) is 0 Å². The van der Waals surface area contributed by atoms with Crippen molar-refractivity contribution >= 4 is 12.4 Å². The van der Waals surface area contributed by atoms with Crippen molar-refractivity contribution in [1.82, 2.24) is 5.10 Å². The molecular formula is C7H8N2+. The predicted octanol–water partition coefficient (Wildman–Crippen LogP) is 0.729. The highest BCUT2D eigenvalue weighted by molar-refractivity contribution is 5.89. The zero-order valence-corrected chi connectivity index (χ0v) is 5.12. The van der Waals surface area contributed by atoms with Crippen molar-refractivity contribution in [3.8, 4) is 0 Å². The molecule has 0 spiro atoms. The number of nitrogens with zero attached hydrogens (tertiary/aromatic N) is 2. The van der Waals surface area contributed by atoms with E-state index in [0.717, 1.165) is 5.92 Å². The molecule has 1 fully saturated rings. The van der Waals surface area contributed by atoms with E-state index in [9.17, 15) is 0 Å². The molecule has 0 N–H and O–H groups in total. The molecular weight excluding hydrogens is 112 g/mol. The SMILES string of the molecule is C1=N[N+]=CC=C1C1CC1. The number of rotatable bonds is 1. The average molecular weight is 120 g/mol. The van der Waals surface area contributed by atoms with Crippen LogP contribution in [0.5, 0.6) is 0 Å². The molecule has 2 nitrogen and oxygen atoms in total. The summed E-state index contributed by atoms with van der Waals surface area (Å²) in [5.74, 6) is 0.806. The van der Waals surface area contributed by atoms with Crippen LogP contribution >= 0.6 is 0 Å². The quantitative estimate of drug-likeness (QED) is 0.487. The van der Waals surface area contributed by atoms with Gasteiger partial charge in [0.1, 0.15) is 6.21 Å². The van der Waals surface area contributed by atoms with Crippen LogP contribution in [-0.4, -0.2) is 12.4 Å². The second-order valence-electron chi connectivity index (χ2n) is 2.45. The maximum absolute atomic E-state index is 3.80. The summed E-state index contributed by atoms with van der Waals surface area (Å²) >= 11 is 0. The lowest BCUT2D eigenvalue weighted by atomic mass is 10.2. The third-order valence-corrected chi connectivity index (χ3v) is 1.66. The smallest absolute Gasteiger partial charge is 0.0457 e. The molecule has 0 atom stereocenters. The van der Waals surface area contributed by atoms with Crippen molar-refractivity contribution in [2.24, 2.45) is 11.0 Å². The van der Waals surface area contributed by atoms with Crippen molar-refractivity contribution in [2.75, 3.05) is 0 Å². The second-order valence-corrected chi connectivity index (χ2v) is 2.45. The molecule has 1 aliphatic heterocycles. The highest BCUT2D eigenvalue weighted by atomic mass is 15.2. The summed E-state index contributed by atoms with van der Waals surface area (Å²) in [6, 6.07) is 0. The van der Waals surface area contributed by atoms with Crippen molar-refractivity contribution in [3.05, 3.63) is 11.6 Å². The Morgan fingerprint density at radius 1 is 1.56 bits per heavy atom. The molecule has 2 rings (SSSR count). The lowest BCUT2D eigenvalue weighted by molar-refractivity contribution is 1.04. The Kier molecular flexibility index (Phi) is 0.979. The molecule has 0 amide bonds. The summed E-state index contributed by atoms with van der Waals surface area (Å²) in [6.45, 7) is 0. The van der Waals surface area contributed by atoms with Crippen molar-refractivity contribution < 1.29 is 0 Å². The van der Waals surface area contributed by atoms with Crippen LogP contribution in [-0.2, 0) is 0 Å².